The second kappa shape index (κ2) is 18.1. The van der Waals surface area contributed by atoms with Gasteiger partial charge in [0.05, 0.1) is 16.7 Å². The van der Waals surface area contributed by atoms with E-state index in [1.165, 1.54) is 31.3 Å². The predicted octanol–water partition coefficient (Wildman–Crippen LogP) is 10.9. The number of hydrogen-bond donors (Lipinski definition) is 3. The monoisotopic (exact) mass is 711 g/mol. The summed E-state index contributed by atoms with van der Waals surface area (Å²) in [4.78, 5) is 32.4. The summed E-state index contributed by atoms with van der Waals surface area (Å²) in [5.41, 5.74) is 5.77. The van der Waals surface area contributed by atoms with Crippen LogP contribution in [0.15, 0.2) is 144 Å². The first-order chi connectivity index (χ1) is 24.2. The van der Waals surface area contributed by atoms with Crippen LogP contribution in [0.5, 0.6) is 0 Å². The Morgan fingerprint density at radius 1 is 0.529 bits per heavy atom. The number of benzene rings is 6. The standard InChI is InChI=1S/3C11H8O2.C11H15.Ti/c3*12-11(13)10-7-3-5-8-4-1-2-6-9(8)10;1-8-7-10-5-3-4-6-11(10)9(8)2;/h3*1-7H,(H,12,13);9H,3-6H2,1-2H3;/q;;;-1;. The number of carbonyl (C=O) groups is 3. The van der Waals surface area contributed by atoms with Crippen molar-refractivity contribution in [1.29, 1.82) is 0 Å². The molecule has 2 aliphatic rings. The van der Waals surface area contributed by atoms with Crippen molar-refractivity contribution >= 4 is 50.2 Å². The number of aromatic carboxylic acids is 3. The molecule has 0 heterocycles. The van der Waals surface area contributed by atoms with Crippen molar-refractivity contribution in [1.82, 2.24) is 0 Å². The van der Waals surface area contributed by atoms with Gasteiger partial charge in [0.1, 0.15) is 0 Å². The Kier molecular flexibility index (Phi) is 13.7. The van der Waals surface area contributed by atoms with E-state index in [2.05, 4.69) is 19.9 Å². The Morgan fingerprint density at radius 2 is 0.863 bits per heavy atom. The molecule has 1 unspecified atom stereocenters. The second-order valence-electron chi connectivity index (χ2n) is 12.2. The Balaban J connectivity index is 0.000000152. The molecule has 2 aliphatic carbocycles. The van der Waals surface area contributed by atoms with Crippen molar-refractivity contribution in [3.63, 3.8) is 0 Å². The summed E-state index contributed by atoms with van der Waals surface area (Å²) in [7, 11) is 0. The molecular weight excluding hydrogens is 672 g/mol. The molecule has 0 bridgehead atoms. The Hall–Kier alpha value is -5.30. The maximum Gasteiger partial charge on any atom is 0.336 e. The molecule has 0 aliphatic heterocycles. The van der Waals surface area contributed by atoms with Crippen LogP contribution >= 0.6 is 0 Å². The van der Waals surface area contributed by atoms with Crippen LogP contribution in [-0.2, 0) is 21.7 Å². The summed E-state index contributed by atoms with van der Waals surface area (Å²) in [5.74, 6) is -1.92. The van der Waals surface area contributed by atoms with Crippen LogP contribution in [0.4, 0.5) is 0 Å². The summed E-state index contributed by atoms with van der Waals surface area (Å²) in [5, 5.41) is 31.9. The molecule has 0 fully saturated rings. The van der Waals surface area contributed by atoms with E-state index in [0.717, 1.165) is 32.3 Å². The zero-order chi connectivity index (χ0) is 35.6. The van der Waals surface area contributed by atoms with Crippen LogP contribution in [0.3, 0.4) is 0 Å². The number of rotatable bonds is 3. The molecule has 6 aromatic carbocycles. The molecule has 0 saturated carbocycles. The molecule has 1 atom stereocenters. The quantitative estimate of drug-likeness (QED) is 0.124. The molecule has 6 nitrogen and oxygen atoms in total. The van der Waals surface area contributed by atoms with Crippen molar-refractivity contribution in [2.75, 3.05) is 0 Å². The maximum absolute atomic E-state index is 10.8. The third-order valence-corrected chi connectivity index (χ3v) is 9.09. The van der Waals surface area contributed by atoms with Crippen LogP contribution in [0, 0.1) is 12.0 Å². The molecule has 3 N–H and O–H groups in total. The fourth-order valence-corrected chi connectivity index (χ4v) is 6.39. The van der Waals surface area contributed by atoms with Gasteiger partial charge in [-0.2, -0.15) is 5.57 Å². The SMILES string of the molecule is CC1=[C-]C2=C(CCCC2)C1C.O=C(O)c1cccc2ccccc12.O=C(O)c1cccc2ccccc12.O=C(O)c1cccc2ccccc12.[Ti]. The summed E-state index contributed by atoms with van der Waals surface area (Å²) in [6.45, 7) is 4.53. The minimum Gasteiger partial charge on any atom is -0.478 e. The van der Waals surface area contributed by atoms with Crippen molar-refractivity contribution in [3.8, 4) is 0 Å². The first-order valence-corrected chi connectivity index (χ1v) is 16.6. The molecule has 0 spiro atoms. The topological polar surface area (TPSA) is 112 Å². The van der Waals surface area contributed by atoms with Gasteiger partial charge in [-0.3, -0.25) is 0 Å². The normalized spacial score (nSPS) is 14.3. The molecule has 6 aromatic rings. The van der Waals surface area contributed by atoms with E-state index in [4.69, 9.17) is 15.3 Å². The van der Waals surface area contributed by atoms with E-state index in [1.807, 2.05) is 91.0 Å². The average Bonchev–Trinajstić information content (AvgIpc) is 3.44. The average molecular weight is 712 g/mol. The summed E-state index contributed by atoms with van der Waals surface area (Å²) < 4.78 is 0. The predicted molar refractivity (Wildman–Crippen MR) is 200 cm³/mol. The Bertz CT molecular complexity index is 2020. The van der Waals surface area contributed by atoms with Gasteiger partial charge in [0.2, 0.25) is 0 Å². The molecule has 0 amide bonds. The summed E-state index contributed by atoms with van der Waals surface area (Å²) >= 11 is 0. The fourth-order valence-electron chi connectivity index (χ4n) is 6.39. The van der Waals surface area contributed by atoms with Gasteiger partial charge in [0.15, 0.2) is 0 Å². The molecule has 256 valence electrons. The smallest absolute Gasteiger partial charge is 0.336 e. The minimum atomic E-state index is -0.878. The van der Waals surface area contributed by atoms with Crippen molar-refractivity contribution < 1.29 is 51.4 Å². The molecule has 51 heavy (non-hydrogen) atoms. The number of fused-ring (bicyclic) bond motifs is 3. The van der Waals surface area contributed by atoms with Gasteiger partial charge in [0, 0.05) is 21.7 Å². The Labute approximate surface area is 312 Å². The van der Waals surface area contributed by atoms with Gasteiger partial charge in [-0.15, -0.1) is 0 Å². The maximum atomic E-state index is 10.8. The van der Waals surface area contributed by atoms with Crippen LogP contribution in [0.1, 0.15) is 70.6 Å². The Morgan fingerprint density at radius 3 is 1.22 bits per heavy atom. The minimum absolute atomic E-state index is 0. The molecule has 0 saturated heterocycles. The van der Waals surface area contributed by atoms with E-state index in [9.17, 15) is 14.4 Å². The molecular formula is C44H39O6Ti-. The first-order valence-electron chi connectivity index (χ1n) is 16.6. The van der Waals surface area contributed by atoms with E-state index >= 15 is 0 Å². The summed E-state index contributed by atoms with van der Waals surface area (Å²) in [6, 6.07) is 38.2. The van der Waals surface area contributed by atoms with Gasteiger partial charge in [-0.05, 0) is 50.5 Å². The van der Waals surface area contributed by atoms with E-state index in [1.54, 1.807) is 47.5 Å². The third kappa shape index (κ3) is 9.49. The van der Waals surface area contributed by atoms with E-state index in [0.29, 0.717) is 22.6 Å². The third-order valence-electron chi connectivity index (χ3n) is 9.09. The van der Waals surface area contributed by atoms with Crippen LogP contribution in [0.25, 0.3) is 32.3 Å². The number of carboxylic acids is 3. The molecule has 7 heteroatoms. The first kappa shape index (κ1) is 38.5. The number of hydrogen-bond acceptors (Lipinski definition) is 3. The van der Waals surface area contributed by atoms with Crippen LogP contribution in [0.2, 0.25) is 0 Å². The van der Waals surface area contributed by atoms with Crippen molar-refractivity contribution in [2.45, 2.75) is 39.5 Å². The molecule has 8 rings (SSSR count). The van der Waals surface area contributed by atoms with Gasteiger partial charge >= 0.3 is 17.9 Å². The largest absolute Gasteiger partial charge is 0.478 e. The summed E-state index contributed by atoms with van der Waals surface area (Å²) in [6.07, 6.45) is 8.91. The zero-order valence-corrected chi connectivity index (χ0v) is 30.2. The van der Waals surface area contributed by atoms with Crippen LogP contribution < -0.4 is 0 Å². The van der Waals surface area contributed by atoms with Gasteiger partial charge in [0.25, 0.3) is 0 Å². The van der Waals surface area contributed by atoms with E-state index in [-0.39, 0.29) is 21.7 Å². The number of carboxylic acid groups (broad SMARTS) is 3. The molecule has 0 aromatic heterocycles. The number of allylic oxidation sites excluding steroid dienone is 4. The van der Waals surface area contributed by atoms with Crippen LogP contribution in [-0.4, -0.2) is 33.2 Å². The second-order valence-corrected chi connectivity index (χ2v) is 12.2. The van der Waals surface area contributed by atoms with Crippen molar-refractivity contribution in [2.24, 2.45) is 5.92 Å². The van der Waals surface area contributed by atoms with Gasteiger partial charge < -0.3 is 15.3 Å². The molecule has 0 radical (unpaired) electrons. The van der Waals surface area contributed by atoms with E-state index < -0.39 is 17.9 Å². The fraction of sp³-hybridized carbons (Fsp3) is 0.159. The van der Waals surface area contributed by atoms with Gasteiger partial charge in [-0.25, -0.2) is 31.6 Å². The van der Waals surface area contributed by atoms with Gasteiger partial charge in [-0.1, -0.05) is 155 Å². The zero-order valence-electron chi connectivity index (χ0n) is 28.6. The van der Waals surface area contributed by atoms with Crippen molar-refractivity contribution in [3.05, 3.63) is 167 Å².